The largest absolute Gasteiger partial charge is 0.302 e. The third kappa shape index (κ3) is 2.94. The zero-order valence-corrected chi connectivity index (χ0v) is 10.3. The molecule has 2 aliphatic rings. The molecule has 1 unspecified atom stereocenters. The van der Waals surface area contributed by atoms with Crippen molar-refractivity contribution in [1.82, 2.24) is 4.90 Å². The number of sulfone groups is 1. The number of nitrogens with zero attached hydrogens (tertiary/aromatic N) is 1. The molecule has 1 heterocycles. The van der Waals surface area contributed by atoms with Crippen LogP contribution >= 0.6 is 0 Å². The molecule has 1 saturated heterocycles. The van der Waals surface area contributed by atoms with Crippen molar-refractivity contribution in [3.8, 4) is 0 Å². The molecule has 2 fully saturated rings. The van der Waals surface area contributed by atoms with Gasteiger partial charge in [0.1, 0.15) is 0 Å². The molecule has 15 heavy (non-hydrogen) atoms. The molecule has 1 atom stereocenters. The van der Waals surface area contributed by atoms with Gasteiger partial charge in [0.2, 0.25) is 0 Å². The van der Waals surface area contributed by atoms with Crippen LogP contribution < -0.4 is 0 Å². The van der Waals surface area contributed by atoms with Crippen LogP contribution in [0.3, 0.4) is 0 Å². The summed E-state index contributed by atoms with van der Waals surface area (Å²) >= 11 is 0. The Morgan fingerprint density at radius 3 is 2.40 bits per heavy atom. The van der Waals surface area contributed by atoms with E-state index < -0.39 is 9.84 Å². The lowest BCUT2D eigenvalue weighted by Crippen LogP contribution is -2.29. The monoisotopic (exact) mass is 231 g/mol. The predicted octanol–water partition coefficient (Wildman–Crippen LogP) is 1.30. The van der Waals surface area contributed by atoms with Crippen molar-refractivity contribution in [1.29, 1.82) is 0 Å². The summed E-state index contributed by atoms with van der Waals surface area (Å²) in [6.45, 7) is 2.88. The Morgan fingerprint density at radius 2 is 1.87 bits per heavy atom. The molecule has 1 saturated carbocycles. The Morgan fingerprint density at radius 1 is 1.20 bits per heavy atom. The molecule has 0 aromatic carbocycles. The maximum absolute atomic E-state index is 11.4. The molecule has 1 aliphatic heterocycles. The van der Waals surface area contributed by atoms with Crippen molar-refractivity contribution in [2.75, 3.05) is 25.9 Å². The van der Waals surface area contributed by atoms with Crippen molar-refractivity contribution < 1.29 is 8.42 Å². The number of rotatable bonds is 3. The summed E-state index contributed by atoms with van der Waals surface area (Å²) in [6.07, 6.45) is 7.64. The minimum Gasteiger partial charge on any atom is -0.302 e. The maximum atomic E-state index is 11.4. The standard InChI is InChI=1S/C11H21NO2S/c1-15(13,14)11-6-7-12(9-11)8-10-4-2-3-5-10/h10-11H,2-9H2,1H3. The first kappa shape index (κ1) is 11.4. The Balaban J connectivity index is 1.82. The van der Waals surface area contributed by atoms with E-state index in [-0.39, 0.29) is 5.25 Å². The highest BCUT2D eigenvalue weighted by Gasteiger charge is 2.31. The van der Waals surface area contributed by atoms with E-state index in [9.17, 15) is 8.42 Å². The van der Waals surface area contributed by atoms with E-state index >= 15 is 0 Å². The summed E-state index contributed by atoms with van der Waals surface area (Å²) in [6, 6.07) is 0. The van der Waals surface area contributed by atoms with Gasteiger partial charge in [0, 0.05) is 19.3 Å². The molecule has 0 N–H and O–H groups in total. The molecule has 0 aromatic heterocycles. The Labute approximate surface area is 92.8 Å². The van der Waals surface area contributed by atoms with Crippen LogP contribution in [0.25, 0.3) is 0 Å². The summed E-state index contributed by atoms with van der Waals surface area (Å²) in [4.78, 5) is 2.35. The second-order valence-corrected chi connectivity index (χ2v) is 7.48. The number of hydrogen-bond donors (Lipinski definition) is 0. The molecule has 0 radical (unpaired) electrons. The smallest absolute Gasteiger partial charge is 0.151 e. The van der Waals surface area contributed by atoms with Crippen LogP contribution in [-0.4, -0.2) is 44.5 Å². The molecular weight excluding hydrogens is 210 g/mol. The molecular formula is C11H21NO2S. The van der Waals surface area contributed by atoms with Crippen molar-refractivity contribution in [2.45, 2.75) is 37.4 Å². The highest BCUT2D eigenvalue weighted by Crippen LogP contribution is 2.27. The average Bonchev–Trinajstić information content (AvgIpc) is 2.73. The molecule has 88 valence electrons. The van der Waals surface area contributed by atoms with Gasteiger partial charge in [0.05, 0.1) is 5.25 Å². The van der Waals surface area contributed by atoms with Crippen molar-refractivity contribution in [2.24, 2.45) is 5.92 Å². The first-order chi connectivity index (χ1) is 7.05. The summed E-state index contributed by atoms with van der Waals surface area (Å²) in [7, 11) is -2.81. The second kappa shape index (κ2) is 4.42. The fourth-order valence-electron chi connectivity index (χ4n) is 2.87. The van der Waals surface area contributed by atoms with Crippen molar-refractivity contribution >= 4 is 9.84 Å². The zero-order chi connectivity index (χ0) is 10.9. The molecule has 4 heteroatoms. The molecule has 0 spiro atoms. The Bertz CT molecular complexity index is 307. The Hall–Kier alpha value is -0.0900. The van der Waals surface area contributed by atoms with Gasteiger partial charge in [-0.1, -0.05) is 12.8 Å². The van der Waals surface area contributed by atoms with E-state index in [1.165, 1.54) is 31.9 Å². The third-order valence-corrected chi connectivity index (χ3v) is 5.42. The minimum absolute atomic E-state index is 0.0982. The van der Waals surface area contributed by atoms with Gasteiger partial charge in [-0.2, -0.15) is 0 Å². The first-order valence-electron chi connectivity index (χ1n) is 5.97. The van der Waals surface area contributed by atoms with E-state index in [4.69, 9.17) is 0 Å². The number of likely N-dealkylation sites (tertiary alicyclic amines) is 1. The van der Waals surface area contributed by atoms with Crippen LogP contribution in [0.5, 0.6) is 0 Å². The third-order valence-electron chi connectivity index (χ3n) is 3.83. The van der Waals surface area contributed by atoms with Gasteiger partial charge in [0.25, 0.3) is 0 Å². The van der Waals surface area contributed by atoms with E-state index in [0.29, 0.717) is 0 Å². The lowest BCUT2D eigenvalue weighted by atomic mass is 10.1. The first-order valence-corrected chi connectivity index (χ1v) is 7.92. The van der Waals surface area contributed by atoms with Crippen LogP contribution in [0.2, 0.25) is 0 Å². The van der Waals surface area contributed by atoms with Crippen LogP contribution in [0.1, 0.15) is 32.1 Å². The quantitative estimate of drug-likeness (QED) is 0.734. The van der Waals surface area contributed by atoms with Gasteiger partial charge in [-0.15, -0.1) is 0 Å². The van der Waals surface area contributed by atoms with Crippen LogP contribution in [-0.2, 0) is 9.84 Å². The fraction of sp³-hybridized carbons (Fsp3) is 1.00. The SMILES string of the molecule is CS(=O)(=O)C1CCN(CC2CCCC2)C1. The van der Waals surface area contributed by atoms with Gasteiger partial charge < -0.3 is 4.90 Å². The topological polar surface area (TPSA) is 37.4 Å². The van der Waals surface area contributed by atoms with Crippen LogP contribution in [0.4, 0.5) is 0 Å². The molecule has 0 amide bonds. The predicted molar refractivity (Wildman–Crippen MR) is 61.6 cm³/mol. The van der Waals surface area contributed by atoms with E-state index in [1.807, 2.05) is 0 Å². The van der Waals surface area contributed by atoms with Gasteiger partial charge in [0.15, 0.2) is 9.84 Å². The second-order valence-electron chi connectivity index (χ2n) is 5.15. The normalized spacial score (nSPS) is 30.1. The molecule has 0 aromatic rings. The lowest BCUT2D eigenvalue weighted by molar-refractivity contribution is 0.280. The maximum Gasteiger partial charge on any atom is 0.151 e. The molecule has 3 nitrogen and oxygen atoms in total. The number of hydrogen-bond acceptors (Lipinski definition) is 3. The van der Waals surface area contributed by atoms with Gasteiger partial charge in [-0.25, -0.2) is 8.42 Å². The van der Waals surface area contributed by atoms with E-state index in [1.54, 1.807) is 0 Å². The van der Waals surface area contributed by atoms with Gasteiger partial charge >= 0.3 is 0 Å². The average molecular weight is 231 g/mol. The lowest BCUT2D eigenvalue weighted by Gasteiger charge is -2.19. The van der Waals surface area contributed by atoms with E-state index in [0.717, 1.165) is 32.0 Å². The van der Waals surface area contributed by atoms with Crippen LogP contribution in [0, 0.1) is 5.92 Å². The summed E-state index contributed by atoms with van der Waals surface area (Å²) in [5.74, 6) is 0.836. The fourth-order valence-corrected chi connectivity index (χ4v) is 3.89. The molecule has 2 rings (SSSR count). The summed E-state index contributed by atoms with van der Waals surface area (Å²) < 4.78 is 22.8. The van der Waals surface area contributed by atoms with Crippen LogP contribution in [0.15, 0.2) is 0 Å². The summed E-state index contributed by atoms with van der Waals surface area (Å²) in [5.41, 5.74) is 0. The molecule has 0 bridgehead atoms. The van der Waals surface area contributed by atoms with Gasteiger partial charge in [-0.05, 0) is 31.7 Å². The van der Waals surface area contributed by atoms with Crippen molar-refractivity contribution in [3.05, 3.63) is 0 Å². The minimum atomic E-state index is -2.81. The molecule has 1 aliphatic carbocycles. The van der Waals surface area contributed by atoms with Crippen molar-refractivity contribution in [3.63, 3.8) is 0 Å². The van der Waals surface area contributed by atoms with Gasteiger partial charge in [-0.3, -0.25) is 0 Å². The zero-order valence-electron chi connectivity index (χ0n) is 9.48. The highest BCUT2D eigenvalue weighted by molar-refractivity contribution is 7.91. The highest BCUT2D eigenvalue weighted by atomic mass is 32.2. The Kier molecular flexibility index (Phi) is 3.36. The van der Waals surface area contributed by atoms with E-state index in [2.05, 4.69) is 4.90 Å². The summed E-state index contributed by atoms with van der Waals surface area (Å²) in [5, 5.41) is -0.0982.